The summed E-state index contributed by atoms with van der Waals surface area (Å²) in [6.45, 7) is 5.98. The first-order valence-corrected chi connectivity index (χ1v) is 10.3. The van der Waals surface area contributed by atoms with E-state index in [1.165, 1.54) is 12.8 Å². The van der Waals surface area contributed by atoms with Gasteiger partial charge in [0.2, 0.25) is 0 Å². The zero-order chi connectivity index (χ0) is 20.4. The third kappa shape index (κ3) is 6.62. The number of phenolic OH excluding ortho intramolecular Hbond substituents is 1. The van der Waals surface area contributed by atoms with Crippen molar-refractivity contribution in [2.75, 3.05) is 40.3 Å². The molecule has 2 unspecified atom stereocenters. The summed E-state index contributed by atoms with van der Waals surface area (Å²) in [5, 5.41) is 21.1. The van der Waals surface area contributed by atoms with Crippen LogP contribution in [0.25, 0.3) is 0 Å². The van der Waals surface area contributed by atoms with Gasteiger partial charge in [-0.15, -0.1) is 0 Å². The molecule has 3 rings (SSSR count). The molecule has 0 bridgehead atoms. The Morgan fingerprint density at radius 1 is 1.07 bits per heavy atom. The van der Waals surface area contributed by atoms with Gasteiger partial charge in [0.1, 0.15) is 5.75 Å². The van der Waals surface area contributed by atoms with Crippen molar-refractivity contribution in [2.45, 2.75) is 31.8 Å². The molecular weight excluding hydrogens is 348 g/mol. The van der Waals surface area contributed by atoms with E-state index in [1.807, 2.05) is 62.6 Å². The van der Waals surface area contributed by atoms with Gasteiger partial charge in [-0.25, -0.2) is 0 Å². The van der Waals surface area contributed by atoms with E-state index in [2.05, 4.69) is 16.7 Å². The van der Waals surface area contributed by atoms with Crippen molar-refractivity contribution in [2.24, 2.45) is 5.92 Å². The normalized spacial score (nSPS) is 22.5. The van der Waals surface area contributed by atoms with Crippen LogP contribution < -0.4 is 0 Å². The first-order chi connectivity index (χ1) is 13.5. The van der Waals surface area contributed by atoms with Crippen molar-refractivity contribution < 1.29 is 10.2 Å². The van der Waals surface area contributed by atoms with Crippen LogP contribution in [0.4, 0.5) is 0 Å². The van der Waals surface area contributed by atoms with Crippen LogP contribution in [0.15, 0.2) is 60.7 Å². The maximum absolute atomic E-state index is 11.4. The first-order valence-electron chi connectivity index (χ1n) is 10.3. The van der Waals surface area contributed by atoms with Gasteiger partial charge in [-0.1, -0.05) is 61.9 Å². The van der Waals surface area contributed by atoms with E-state index in [4.69, 9.17) is 0 Å². The lowest BCUT2D eigenvalue weighted by molar-refractivity contribution is -0.0847. The van der Waals surface area contributed by atoms with Crippen molar-refractivity contribution in [3.63, 3.8) is 0 Å². The third-order valence-electron chi connectivity index (χ3n) is 5.39. The van der Waals surface area contributed by atoms with Crippen LogP contribution in [0.2, 0.25) is 0 Å². The molecule has 0 radical (unpaired) electrons. The van der Waals surface area contributed by atoms with Crippen LogP contribution in [-0.2, 0) is 5.60 Å². The molecule has 0 amide bonds. The maximum Gasteiger partial charge on any atom is 0.115 e. The molecule has 1 aliphatic heterocycles. The second-order valence-electron chi connectivity index (χ2n) is 7.99. The van der Waals surface area contributed by atoms with Gasteiger partial charge in [0.05, 0.1) is 5.60 Å². The molecule has 1 fully saturated rings. The van der Waals surface area contributed by atoms with Gasteiger partial charge in [-0.05, 0) is 51.2 Å². The Hall–Kier alpha value is -1.88. The second-order valence-corrected chi connectivity index (χ2v) is 7.99. The zero-order valence-corrected chi connectivity index (χ0v) is 17.6. The SMILES string of the molecule is CCCCN1CCC(O)(c2cccc(O)c2)C(CN(C)C)C1.c1ccccc1. The summed E-state index contributed by atoms with van der Waals surface area (Å²) in [7, 11) is 4.10. The fraction of sp³-hybridized carbons (Fsp3) is 0.500. The number of likely N-dealkylation sites (tertiary alicyclic amines) is 1. The van der Waals surface area contributed by atoms with Gasteiger partial charge in [0.25, 0.3) is 0 Å². The van der Waals surface area contributed by atoms with Crippen LogP contribution >= 0.6 is 0 Å². The molecule has 2 aromatic rings. The largest absolute Gasteiger partial charge is 0.508 e. The molecule has 28 heavy (non-hydrogen) atoms. The summed E-state index contributed by atoms with van der Waals surface area (Å²) < 4.78 is 0. The van der Waals surface area contributed by atoms with Gasteiger partial charge >= 0.3 is 0 Å². The number of phenols is 1. The molecule has 0 saturated carbocycles. The molecule has 2 atom stereocenters. The highest BCUT2D eigenvalue weighted by Crippen LogP contribution is 2.38. The fourth-order valence-electron chi connectivity index (χ4n) is 3.86. The summed E-state index contributed by atoms with van der Waals surface area (Å²) in [6.07, 6.45) is 3.13. The highest BCUT2D eigenvalue weighted by atomic mass is 16.3. The van der Waals surface area contributed by atoms with Gasteiger partial charge in [0, 0.05) is 25.6 Å². The summed E-state index contributed by atoms with van der Waals surface area (Å²) in [5.74, 6) is 0.373. The quantitative estimate of drug-likeness (QED) is 0.792. The number of aromatic hydroxyl groups is 1. The minimum absolute atomic E-state index is 0.148. The van der Waals surface area contributed by atoms with Crippen LogP contribution in [0.1, 0.15) is 31.7 Å². The molecule has 0 spiro atoms. The van der Waals surface area contributed by atoms with E-state index < -0.39 is 5.60 Å². The van der Waals surface area contributed by atoms with Crippen molar-refractivity contribution in [3.8, 4) is 5.75 Å². The van der Waals surface area contributed by atoms with Gasteiger partial charge in [-0.3, -0.25) is 0 Å². The molecule has 154 valence electrons. The second kappa shape index (κ2) is 11.2. The highest BCUT2D eigenvalue weighted by Gasteiger charge is 2.42. The lowest BCUT2D eigenvalue weighted by Gasteiger charge is -2.46. The van der Waals surface area contributed by atoms with E-state index in [0.717, 1.165) is 38.2 Å². The van der Waals surface area contributed by atoms with Crippen LogP contribution in [0.3, 0.4) is 0 Å². The van der Waals surface area contributed by atoms with Crippen molar-refractivity contribution >= 4 is 0 Å². The number of aliphatic hydroxyl groups is 1. The number of benzene rings is 2. The molecule has 4 nitrogen and oxygen atoms in total. The van der Waals surface area contributed by atoms with E-state index in [1.54, 1.807) is 12.1 Å². The van der Waals surface area contributed by atoms with Crippen molar-refractivity contribution in [1.29, 1.82) is 0 Å². The standard InChI is InChI=1S/C18H30N2O2.C6H6/c1-4-5-10-20-11-9-18(22,16(14-20)13-19(2)3)15-7-6-8-17(21)12-15;1-2-4-6-5-3-1/h6-8,12,16,21-22H,4-5,9-11,13-14H2,1-3H3;1-6H. The van der Waals surface area contributed by atoms with Gasteiger partial charge < -0.3 is 20.0 Å². The molecule has 1 aliphatic rings. The van der Waals surface area contributed by atoms with Crippen LogP contribution in [0.5, 0.6) is 5.75 Å². The lowest BCUT2D eigenvalue weighted by atomic mass is 9.75. The van der Waals surface area contributed by atoms with Crippen LogP contribution in [0, 0.1) is 5.92 Å². The number of rotatable bonds is 6. The maximum atomic E-state index is 11.4. The number of hydrogen-bond donors (Lipinski definition) is 2. The van der Waals surface area contributed by atoms with Gasteiger partial charge in [-0.2, -0.15) is 0 Å². The Bertz CT molecular complexity index is 651. The number of nitrogens with zero attached hydrogens (tertiary/aromatic N) is 2. The zero-order valence-electron chi connectivity index (χ0n) is 17.6. The first kappa shape index (κ1) is 22.4. The van der Waals surface area contributed by atoms with E-state index >= 15 is 0 Å². The summed E-state index contributed by atoms with van der Waals surface area (Å²) in [4.78, 5) is 4.61. The molecule has 2 N–H and O–H groups in total. The van der Waals surface area contributed by atoms with E-state index in [-0.39, 0.29) is 11.7 Å². The smallest absolute Gasteiger partial charge is 0.115 e. The van der Waals surface area contributed by atoms with Crippen molar-refractivity contribution in [3.05, 3.63) is 66.2 Å². The monoisotopic (exact) mass is 384 g/mol. The highest BCUT2D eigenvalue weighted by molar-refractivity contribution is 5.32. The van der Waals surface area contributed by atoms with Crippen LogP contribution in [-0.4, -0.2) is 60.3 Å². The minimum Gasteiger partial charge on any atom is -0.508 e. The molecular formula is C24H36N2O2. The Balaban J connectivity index is 0.000000397. The molecule has 1 heterocycles. The average molecular weight is 385 g/mol. The van der Waals surface area contributed by atoms with Crippen molar-refractivity contribution in [1.82, 2.24) is 9.80 Å². The Morgan fingerprint density at radius 3 is 2.25 bits per heavy atom. The Kier molecular flexibility index (Phi) is 8.97. The van der Waals surface area contributed by atoms with E-state index in [9.17, 15) is 10.2 Å². The van der Waals surface area contributed by atoms with Gasteiger partial charge in [0.15, 0.2) is 0 Å². The Morgan fingerprint density at radius 2 is 1.71 bits per heavy atom. The molecule has 4 heteroatoms. The topological polar surface area (TPSA) is 46.9 Å². The summed E-state index contributed by atoms with van der Waals surface area (Å²) in [5.41, 5.74) is -0.0133. The Labute approximate surface area is 170 Å². The summed E-state index contributed by atoms with van der Waals surface area (Å²) >= 11 is 0. The number of piperidine rings is 1. The predicted octanol–water partition coefficient (Wildman–Crippen LogP) is 3.95. The minimum atomic E-state index is -0.855. The molecule has 1 saturated heterocycles. The fourth-order valence-corrected chi connectivity index (χ4v) is 3.86. The molecule has 2 aromatic carbocycles. The lowest BCUT2D eigenvalue weighted by Crippen LogP contribution is -2.53. The predicted molar refractivity (Wildman–Crippen MR) is 116 cm³/mol. The molecule has 0 aromatic heterocycles. The molecule has 0 aliphatic carbocycles. The summed E-state index contributed by atoms with van der Waals surface area (Å²) in [6, 6.07) is 19.1. The number of hydrogen-bond acceptors (Lipinski definition) is 4. The number of unbranched alkanes of at least 4 members (excludes halogenated alkanes) is 1. The average Bonchev–Trinajstić information content (AvgIpc) is 2.70. The van der Waals surface area contributed by atoms with E-state index in [0.29, 0.717) is 0 Å². The third-order valence-corrected chi connectivity index (χ3v) is 5.39.